The summed E-state index contributed by atoms with van der Waals surface area (Å²) in [5.41, 5.74) is 7.66. The zero-order valence-electron chi connectivity index (χ0n) is 21.2. The van der Waals surface area contributed by atoms with Crippen LogP contribution in [0.4, 0.5) is 16.2 Å². The number of ether oxygens (including phenoxy) is 1. The molecule has 3 aromatic carbocycles. The molecule has 12 heteroatoms. The van der Waals surface area contributed by atoms with Crippen LogP contribution in [0.3, 0.4) is 0 Å². The van der Waals surface area contributed by atoms with Crippen LogP contribution in [0.2, 0.25) is 0 Å². The lowest BCUT2D eigenvalue weighted by Crippen LogP contribution is -2.54. The van der Waals surface area contributed by atoms with Gasteiger partial charge in [0, 0.05) is 49.6 Å². The van der Waals surface area contributed by atoms with Crippen molar-refractivity contribution in [2.75, 3.05) is 25.5 Å². The number of hydrogen-bond acceptors (Lipinski definition) is 7. The number of nitro groups is 1. The molecule has 4 amide bonds. The predicted octanol–water partition coefficient (Wildman–Crippen LogP) is 2.69. The van der Waals surface area contributed by atoms with Gasteiger partial charge in [-0.05, 0) is 41.5 Å². The summed E-state index contributed by atoms with van der Waals surface area (Å²) >= 11 is 0. The number of benzene rings is 3. The normalized spacial score (nSPS) is 14.6. The first-order valence-corrected chi connectivity index (χ1v) is 12.1. The Bertz CT molecular complexity index is 1380. The second-order valence-corrected chi connectivity index (χ2v) is 8.77. The molecule has 202 valence electrons. The quantitative estimate of drug-likeness (QED) is 0.297. The number of nitrogens with one attached hydrogen (secondary N) is 2. The Kier molecular flexibility index (Phi) is 8.37. The maximum absolute atomic E-state index is 13.5. The molecule has 1 unspecified atom stereocenters. The molecule has 0 aliphatic carbocycles. The van der Waals surface area contributed by atoms with Crippen LogP contribution in [0.5, 0.6) is 5.75 Å². The first-order valence-electron chi connectivity index (χ1n) is 12.1. The third-order valence-electron chi connectivity index (χ3n) is 6.27. The van der Waals surface area contributed by atoms with E-state index in [0.29, 0.717) is 18.0 Å². The lowest BCUT2D eigenvalue weighted by Gasteiger charge is -2.29. The second kappa shape index (κ2) is 12.0. The monoisotopic (exact) mass is 532 g/mol. The Labute approximate surface area is 224 Å². The molecular formula is C27H28N6O6. The highest BCUT2D eigenvalue weighted by Gasteiger charge is 2.43. The number of carbonyl (C=O) groups excluding carboxylic acids is 3. The number of nitro benzene ring substituents is 1. The minimum Gasteiger partial charge on any atom is -0.497 e. The smallest absolute Gasteiger partial charge is 0.323 e. The molecule has 4 N–H and O–H groups in total. The summed E-state index contributed by atoms with van der Waals surface area (Å²) in [6.45, 7) is 0.618. The summed E-state index contributed by atoms with van der Waals surface area (Å²) in [5.74, 6) is -0.572. The number of hydrogen-bond donors (Lipinski definition) is 3. The van der Waals surface area contributed by atoms with Gasteiger partial charge in [0.1, 0.15) is 5.75 Å². The first kappa shape index (κ1) is 27.1. The van der Waals surface area contributed by atoms with Gasteiger partial charge in [0.25, 0.3) is 17.5 Å². The van der Waals surface area contributed by atoms with Crippen LogP contribution in [0, 0.1) is 10.1 Å². The predicted molar refractivity (Wildman–Crippen MR) is 143 cm³/mol. The van der Waals surface area contributed by atoms with Gasteiger partial charge >= 0.3 is 6.03 Å². The van der Waals surface area contributed by atoms with Crippen molar-refractivity contribution in [2.45, 2.75) is 19.3 Å². The summed E-state index contributed by atoms with van der Waals surface area (Å²) in [6, 6.07) is 18.7. The number of nitrogens with zero attached hydrogens (tertiary/aromatic N) is 3. The maximum atomic E-state index is 13.5. The molecule has 1 heterocycles. The SMILES string of the molecule is COc1ccc(NC(=O)N2CCN(C(=O)c3cccc([N+](=O)[O-])c3)C2C(=O)NCc2cccc(CN)c2)cc1. The number of amides is 4. The van der Waals surface area contributed by atoms with Crippen molar-refractivity contribution in [3.8, 4) is 5.75 Å². The van der Waals surface area contributed by atoms with Crippen molar-refractivity contribution in [1.29, 1.82) is 0 Å². The number of urea groups is 1. The molecule has 1 fully saturated rings. The van der Waals surface area contributed by atoms with Crippen LogP contribution in [-0.2, 0) is 17.9 Å². The molecule has 1 aliphatic heterocycles. The Morgan fingerprint density at radius 2 is 1.69 bits per heavy atom. The van der Waals surface area contributed by atoms with Crippen LogP contribution in [0.15, 0.2) is 72.8 Å². The zero-order valence-corrected chi connectivity index (χ0v) is 21.2. The second-order valence-electron chi connectivity index (χ2n) is 8.77. The third-order valence-corrected chi connectivity index (χ3v) is 6.27. The van der Waals surface area contributed by atoms with Crippen molar-refractivity contribution in [2.24, 2.45) is 5.73 Å². The molecule has 1 atom stereocenters. The molecule has 4 rings (SSSR count). The minimum absolute atomic E-state index is 0.0371. The number of non-ortho nitro benzene ring substituents is 1. The summed E-state index contributed by atoms with van der Waals surface area (Å²) in [6.07, 6.45) is -1.28. The summed E-state index contributed by atoms with van der Waals surface area (Å²) < 4.78 is 5.14. The number of anilines is 1. The number of nitrogens with two attached hydrogens (primary N) is 1. The topological polar surface area (TPSA) is 160 Å². The highest BCUT2D eigenvalue weighted by Crippen LogP contribution is 2.23. The van der Waals surface area contributed by atoms with E-state index in [1.165, 1.54) is 35.1 Å². The van der Waals surface area contributed by atoms with E-state index in [-0.39, 0.29) is 30.9 Å². The Hall–Kier alpha value is -4.97. The van der Waals surface area contributed by atoms with Crippen molar-refractivity contribution >= 4 is 29.2 Å². The van der Waals surface area contributed by atoms with Gasteiger partial charge in [-0.15, -0.1) is 0 Å². The van der Waals surface area contributed by atoms with Crippen LogP contribution in [0.1, 0.15) is 21.5 Å². The van der Waals surface area contributed by atoms with Gasteiger partial charge in [-0.25, -0.2) is 4.79 Å². The van der Waals surface area contributed by atoms with Gasteiger partial charge < -0.3 is 26.0 Å². The van der Waals surface area contributed by atoms with Gasteiger partial charge in [-0.1, -0.05) is 30.3 Å². The summed E-state index contributed by atoms with van der Waals surface area (Å²) in [4.78, 5) is 53.3. The lowest BCUT2D eigenvalue weighted by molar-refractivity contribution is -0.384. The van der Waals surface area contributed by atoms with Gasteiger partial charge in [-0.3, -0.25) is 24.6 Å². The molecular weight excluding hydrogens is 504 g/mol. The standard InChI is InChI=1S/C27H28N6O6/c1-39-23-10-8-21(9-11-23)30-27(36)32-13-12-31(26(35)20-6-3-7-22(15-20)33(37)38)25(32)24(34)29-17-19-5-2-4-18(14-19)16-28/h2-11,14-15,25H,12-13,16-17,28H2,1H3,(H,29,34)(H,30,36). The molecule has 0 spiro atoms. The van der Waals surface area contributed by atoms with Crippen LogP contribution < -0.4 is 21.1 Å². The Morgan fingerprint density at radius 1 is 1.00 bits per heavy atom. The van der Waals surface area contributed by atoms with Crippen LogP contribution in [0.25, 0.3) is 0 Å². The summed E-state index contributed by atoms with van der Waals surface area (Å²) in [7, 11) is 1.53. The van der Waals surface area contributed by atoms with E-state index < -0.39 is 28.9 Å². The highest BCUT2D eigenvalue weighted by molar-refractivity contribution is 6.01. The Balaban J connectivity index is 1.58. The van der Waals surface area contributed by atoms with Crippen LogP contribution >= 0.6 is 0 Å². The molecule has 1 saturated heterocycles. The van der Waals surface area contributed by atoms with E-state index in [0.717, 1.165) is 17.2 Å². The van der Waals surface area contributed by atoms with Crippen LogP contribution in [-0.4, -0.2) is 58.9 Å². The van der Waals surface area contributed by atoms with Gasteiger partial charge in [0.05, 0.1) is 12.0 Å². The van der Waals surface area contributed by atoms with Gasteiger partial charge in [0.15, 0.2) is 6.17 Å². The molecule has 0 radical (unpaired) electrons. The van der Waals surface area contributed by atoms with E-state index in [9.17, 15) is 24.5 Å². The molecule has 0 bridgehead atoms. The van der Waals surface area contributed by atoms with E-state index in [2.05, 4.69) is 10.6 Å². The molecule has 0 saturated carbocycles. The first-order chi connectivity index (χ1) is 18.8. The number of rotatable bonds is 8. The fourth-order valence-corrected chi connectivity index (χ4v) is 4.27. The van der Waals surface area contributed by atoms with E-state index in [1.54, 1.807) is 24.3 Å². The number of carbonyl (C=O) groups is 3. The third kappa shape index (κ3) is 6.30. The summed E-state index contributed by atoms with van der Waals surface area (Å²) in [5, 5.41) is 16.8. The largest absolute Gasteiger partial charge is 0.497 e. The fraction of sp³-hybridized carbons (Fsp3) is 0.222. The van der Waals surface area contributed by atoms with E-state index >= 15 is 0 Å². The van der Waals surface area contributed by atoms with Crippen molar-refractivity contribution in [3.05, 3.63) is 99.6 Å². The van der Waals surface area contributed by atoms with Gasteiger partial charge in [0.2, 0.25) is 0 Å². The fourth-order valence-electron chi connectivity index (χ4n) is 4.27. The molecule has 3 aromatic rings. The Morgan fingerprint density at radius 3 is 2.38 bits per heavy atom. The minimum atomic E-state index is -1.28. The molecule has 0 aromatic heterocycles. The van der Waals surface area contributed by atoms with Crippen molar-refractivity contribution in [1.82, 2.24) is 15.1 Å². The van der Waals surface area contributed by atoms with E-state index in [4.69, 9.17) is 10.5 Å². The van der Waals surface area contributed by atoms with E-state index in [1.807, 2.05) is 24.3 Å². The average Bonchev–Trinajstić information content (AvgIpc) is 3.41. The molecule has 1 aliphatic rings. The molecule has 12 nitrogen and oxygen atoms in total. The zero-order chi connectivity index (χ0) is 27.9. The number of methoxy groups -OCH3 is 1. The van der Waals surface area contributed by atoms with Gasteiger partial charge in [-0.2, -0.15) is 0 Å². The maximum Gasteiger partial charge on any atom is 0.323 e. The molecule has 39 heavy (non-hydrogen) atoms. The van der Waals surface area contributed by atoms with Crippen molar-refractivity contribution in [3.63, 3.8) is 0 Å². The highest BCUT2D eigenvalue weighted by atomic mass is 16.6. The lowest BCUT2D eigenvalue weighted by atomic mass is 10.1. The van der Waals surface area contributed by atoms with Crippen molar-refractivity contribution < 1.29 is 24.0 Å². The average molecular weight is 533 g/mol.